The third-order valence-electron chi connectivity index (χ3n) is 5.54. The number of ether oxygens (including phenoxy) is 1. The molecule has 1 heterocycles. The van der Waals surface area contributed by atoms with Gasteiger partial charge in [0.05, 0.1) is 11.3 Å². The number of para-hydroxylation sites is 1. The van der Waals surface area contributed by atoms with Crippen LogP contribution in [-0.2, 0) is 4.79 Å². The molecule has 2 aromatic carbocycles. The van der Waals surface area contributed by atoms with Crippen LogP contribution in [0.5, 0.6) is 5.75 Å². The third kappa shape index (κ3) is 5.17. The van der Waals surface area contributed by atoms with Crippen LogP contribution in [0.1, 0.15) is 54.1 Å². The Balaban J connectivity index is 1.71. The average Bonchev–Trinajstić information content (AvgIpc) is 3.01. The molecule has 5 nitrogen and oxygen atoms in total. The monoisotopic (exact) mass is 394 g/mol. The van der Waals surface area contributed by atoms with Crippen molar-refractivity contribution in [1.29, 1.82) is 0 Å². The summed E-state index contributed by atoms with van der Waals surface area (Å²) < 4.78 is 5.89. The largest absolute Gasteiger partial charge is 0.481 e. The molecular formula is C24H30N2O3. The number of amides is 2. The lowest BCUT2D eigenvalue weighted by atomic mass is 10.1. The molecule has 154 valence electrons. The molecule has 0 aromatic heterocycles. The number of carbonyl (C=O) groups excluding carboxylic acids is 2. The highest BCUT2D eigenvalue weighted by molar-refractivity contribution is 6.04. The minimum absolute atomic E-state index is 0.0223. The van der Waals surface area contributed by atoms with Crippen LogP contribution in [0.3, 0.4) is 0 Å². The van der Waals surface area contributed by atoms with Crippen LogP contribution in [0.2, 0.25) is 0 Å². The second kappa shape index (κ2) is 9.59. The highest BCUT2D eigenvalue weighted by Gasteiger charge is 2.22. The summed E-state index contributed by atoms with van der Waals surface area (Å²) in [4.78, 5) is 27.7. The first-order chi connectivity index (χ1) is 14.0. The average molecular weight is 395 g/mol. The molecule has 1 fully saturated rings. The van der Waals surface area contributed by atoms with E-state index in [4.69, 9.17) is 4.74 Å². The van der Waals surface area contributed by atoms with Gasteiger partial charge in [-0.2, -0.15) is 0 Å². The number of hydrogen-bond donors (Lipinski definition) is 1. The summed E-state index contributed by atoms with van der Waals surface area (Å²) in [6, 6.07) is 13.0. The lowest BCUT2D eigenvalue weighted by Gasteiger charge is -2.22. The fourth-order valence-electron chi connectivity index (χ4n) is 3.55. The van der Waals surface area contributed by atoms with Crippen molar-refractivity contribution in [3.8, 4) is 5.75 Å². The maximum absolute atomic E-state index is 13.0. The van der Waals surface area contributed by atoms with Crippen molar-refractivity contribution in [2.24, 2.45) is 0 Å². The molecule has 0 radical (unpaired) electrons. The molecule has 0 saturated carbocycles. The topological polar surface area (TPSA) is 58.6 Å². The predicted octanol–water partition coefficient (Wildman–Crippen LogP) is 4.73. The summed E-state index contributed by atoms with van der Waals surface area (Å²) >= 11 is 0. The van der Waals surface area contributed by atoms with Crippen LogP contribution in [0.4, 0.5) is 5.69 Å². The summed E-state index contributed by atoms with van der Waals surface area (Å²) in [6.45, 7) is 7.25. The number of aryl methyl sites for hydroxylation is 1. The van der Waals surface area contributed by atoms with Gasteiger partial charge in [-0.1, -0.05) is 37.1 Å². The number of carbonyl (C=O) groups is 2. The molecule has 0 spiro atoms. The zero-order chi connectivity index (χ0) is 20.8. The zero-order valence-electron chi connectivity index (χ0n) is 17.5. The number of nitrogens with one attached hydrogen (secondary N) is 1. The number of benzene rings is 2. The van der Waals surface area contributed by atoms with Gasteiger partial charge in [0.15, 0.2) is 6.10 Å². The second-order valence-electron chi connectivity index (χ2n) is 7.70. The van der Waals surface area contributed by atoms with Crippen molar-refractivity contribution in [3.63, 3.8) is 0 Å². The van der Waals surface area contributed by atoms with E-state index in [0.29, 0.717) is 17.0 Å². The van der Waals surface area contributed by atoms with Crippen molar-refractivity contribution in [2.45, 2.75) is 52.6 Å². The molecule has 1 saturated heterocycles. The van der Waals surface area contributed by atoms with Gasteiger partial charge in [-0.25, -0.2) is 0 Å². The number of likely N-dealkylation sites (tertiary alicyclic amines) is 1. The van der Waals surface area contributed by atoms with Crippen LogP contribution in [-0.4, -0.2) is 35.9 Å². The normalized spacial score (nSPS) is 15.3. The first-order valence-corrected chi connectivity index (χ1v) is 10.4. The van der Waals surface area contributed by atoms with Gasteiger partial charge in [0, 0.05) is 13.1 Å². The summed E-state index contributed by atoms with van der Waals surface area (Å²) in [5.74, 6) is 0.398. The highest BCUT2D eigenvalue weighted by Crippen LogP contribution is 2.23. The zero-order valence-corrected chi connectivity index (χ0v) is 17.5. The number of rotatable bonds is 5. The first-order valence-electron chi connectivity index (χ1n) is 10.4. The van der Waals surface area contributed by atoms with Gasteiger partial charge in [0.25, 0.3) is 11.8 Å². The molecule has 3 rings (SSSR count). The Morgan fingerprint density at radius 3 is 2.38 bits per heavy atom. The Morgan fingerprint density at radius 1 is 0.966 bits per heavy atom. The summed E-state index contributed by atoms with van der Waals surface area (Å²) in [6.07, 6.45) is 3.70. The van der Waals surface area contributed by atoms with Gasteiger partial charge in [0.1, 0.15) is 5.75 Å². The molecule has 1 atom stereocenters. The number of nitrogens with zero attached hydrogens (tertiary/aromatic N) is 1. The lowest BCUT2D eigenvalue weighted by molar-refractivity contribution is -0.122. The molecule has 0 bridgehead atoms. The van der Waals surface area contributed by atoms with Gasteiger partial charge >= 0.3 is 0 Å². The Kier molecular flexibility index (Phi) is 6.91. The molecule has 29 heavy (non-hydrogen) atoms. The molecule has 2 aromatic rings. The highest BCUT2D eigenvalue weighted by atomic mass is 16.5. The van der Waals surface area contributed by atoms with Gasteiger partial charge < -0.3 is 15.0 Å². The molecule has 1 aliphatic rings. The Morgan fingerprint density at radius 2 is 1.66 bits per heavy atom. The molecule has 1 N–H and O–H groups in total. The van der Waals surface area contributed by atoms with Crippen molar-refractivity contribution in [3.05, 3.63) is 59.2 Å². The van der Waals surface area contributed by atoms with E-state index >= 15 is 0 Å². The van der Waals surface area contributed by atoms with E-state index in [1.165, 1.54) is 0 Å². The van der Waals surface area contributed by atoms with Crippen molar-refractivity contribution in [1.82, 2.24) is 4.90 Å². The Bertz CT molecular complexity index is 870. The van der Waals surface area contributed by atoms with E-state index in [2.05, 4.69) is 5.32 Å². The number of anilines is 1. The second-order valence-corrected chi connectivity index (χ2v) is 7.70. The van der Waals surface area contributed by atoms with Gasteiger partial charge in [-0.3, -0.25) is 9.59 Å². The SMILES string of the molecule is Cc1cccc(O[C@H](C)C(=O)Nc2ccccc2C(=O)N2CCCCCC2)c1C. The van der Waals surface area contributed by atoms with E-state index in [1.807, 2.05) is 49.1 Å². The summed E-state index contributed by atoms with van der Waals surface area (Å²) in [5, 5.41) is 2.89. The van der Waals surface area contributed by atoms with Crippen LogP contribution < -0.4 is 10.1 Å². The minimum Gasteiger partial charge on any atom is -0.481 e. The molecule has 1 aliphatic heterocycles. The molecule has 5 heteroatoms. The van der Waals surface area contributed by atoms with Crippen molar-refractivity contribution < 1.29 is 14.3 Å². The molecule has 0 unspecified atom stereocenters. The van der Waals surface area contributed by atoms with Crippen molar-refractivity contribution in [2.75, 3.05) is 18.4 Å². The van der Waals surface area contributed by atoms with Crippen LogP contribution in [0, 0.1) is 13.8 Å². The van der Waals surface area contributed by atoms with Gasteiger partial charge in [0.2, 0.25) is 0 Å². The van der Waals surface area contributed by atoms with Crippen LogP contribution >= 0.6 is 0 Å². The molecule has 0 aliphatic carbocycles. The van der Waals surface area contributed by atoms with E-state index in [0.717, 1.165) is 49.9 Å². The maximum Gasteiger partial charge on any atom is 0.265 e. The van der Waals surface area contributed by atoms with E-state index in [-0.39, 0.29) is 11.8 Å². The third-order valence-corrected chi connectivity index (χ3v) is 5.54. The van der Waals surface area contributed by atoms with E-state index < -0.39 is 6.10 Å². The lowest BCUT2D eigenvalue weighted by Crippen LogP contribution is -2.34. The quantitative estimate of drug-likeness (QED) is 0.798. The summed E-state index contributed by atoms with van der Waals surface area (Å²) in [5.41, 5.74) is 3.19. The van der Waals surface area contributed by atoms with E-state index in [9.17, 15) is 9.59 Å². The first kappa shape index (κ1) is 20.9. The van der Waals surface area contributed by atoms with Crippen LogP contribution in [0.25, 0.3) is 0 Å². The summed E-state index contributed by atoms with van der Waals surface area (Å²) in [7, 11) is 0. The molecule has 2 amide bonds. The predicted molar refractivity (Wildman–Crippen MR) is 115 cm³/mol. The fraction of sp³-hybridized carbons (Fsp3) is 0.417. The van der Waals surface area contributed by atoms with Gasteiger partial charge in [-0.15, -0.1) is 0 Å². The standard InChI is InChI=1S/C24H30N2O3/c1-17-11-10-14-22(18(17)2)29-19(3)23(27)25-21-13-7-6-12-20(21)24(28)26-15-8-4-5-9-16-26/h6-7,10-14,19H,4-5,8-9,15-16H2,1-3H3,(H,25,27)/t19-/m1/s1. The number of hydrogen-bond acceptors (Lipinski definition) is 3. The maximum atomic E-state index is 13.0. The smallest absolute Gasteiger partial charge is 0.265 e. The fourth-order valence-corrected chi connectivity index (χ4v) is 3.55. The minimum atomic E-state index is -0.683. The van der Waals surface area contributed by atoms with Crippen LogP contribution in [0.15, 0.2) is 42.5 Å². The van der Waals surface area contributed by atoms with E-state index in [1.54, 1.807) is 19.1 Å². The van der Waals surface area contributed by atoms with Crippen molar-refractivity contribution >= 4 is 17.5 Å². The Labute approximate surface area is 173 Å². The van der Waals surface area contributed by atoms with Gasteiger partial charge in [-0.05, 0) is 62.9 Å². The Hall–Kier alpha value is -2.82. The molecular weight excluding hydrogens is 364 g/mol.